The number of hydrogen-bond donors (Lipinski definition) is 0. The van der Waals surface area contributed by atoms with Crippen LogP contribution < -0.4 is 0 Å². The minimum Gasteiger partial charge on any atom is -0.461 e. The molecule has 2 atom stereocenters. The molecule has 0 spiro atoms. The Hall–Kier alpha value is -1.84. The van der Waals surface area contributed by atoms with E-state index in [1.54, 1.807) is 0 Å². The lowest BCUT2D eigenvalue weighted by Crippen LogP contribution is -2.27. The van der Waals surface area contributed by atoms with Gasteiger partial charge in [0, 0.05) is 12.8 Å². The van der Waals surface area contributed by atoms with E-state index < -0.39 is 5.60 Å². The second kappa shape index (κ2) is 9.02. The highest BCUT2D eigenvalue weighted by Crippen LogP contribution is 2.33. The molecule has 0 amide bonds. The summed E-state index contributed by atoms with van der Waals surface area (Å²) < 4.78 is 10.8. The van der Waals surface area contributed by atoms with E-state index in [1.165, 1.54) is 0 Å². The second-order valence-electron chi connectivity index (χ2n) is 8.04. The Morgan fingerprint density at radius 2 is 1.60 bits per heavy atom. The van der Waals surface area contributed by atoms with Gasteiger partial charge >= 0.3 is 11.9 Å². The molecule has 138 valence electrons. The van der Waals surface area contributed by atoms with E-state index >= 15 is 0 Å². The molecule has 2 rings (SSSR count). The third kappa shape index (κ3) is 7.72. The summed E-state index contributed by atoms with van der Waals surface area (Å²) >= 11 is 0. The molecule has 1 aromatic carbocycles. The molecule has 1 aromatic rings. The van der Waals surface area contributed by atoms with Crippen molar-refractivity contribution in [3.63, 3.8) is 0 Å². The molecule has 4 heteroatoms. The molecule has 1 fully saturated rings. The highest BCUT2D eigenvalue weighted by molar-refractivity contribution is 5.70. The third-order valence-electron chi connectivity index (χ3n) is 4.46. The fourth-order valence-electron chi connectivity index (χ4n) is 3.42. The summed E-state index contributed by atoms with van der Waals surface area (Å²) in [7, 11) is 0. The molecule has 25 heavy (non-hydrogen) atoms. The molecule has 0 heterocycles. The van der Waals surface area contributed by atoms with Crippen molar-refractivity contribution in [2.75, 3.05) is 0 Å². The van der Waals surface area contributed by atoms with Crippen LogP contribution in [0.25, 0.3) is 0 Å². The van der Waals surface area contributed by atoms with Crippen LogP contribution in [-0.4, -0.2) is 17.5 Å². The van der Waals surface area contributed by atoms with Gasteiger partial charge in [-0.15, -0.1) is 0 Å². The lowest BCUT2D eigenvalue weighted by Gasteiger charge is -2.29. The van der Waals surface area contributed by atoms with Gasteiger partial charge in [0.25, 0.3) is 0 Å². The fourth-order valence-corrected chi connectivity index (χ4v) is 3.42. The topological polar surface area (TPSA) is 52.6 Å². The van der Waals surface area contributed by atoms with Crippen molar-refractivity contribution in [3.05, 3.63) is 35.9 Å². The Morgan fingerprint density at radius 1 is 1.00 bits per heavy atom. The van der Waals surface area contributed by atoms with E-state index in [9.17, 15) is 9.59 Å². The van der Waals surface area contributed by atoms with Crippen LogP contribution in [0.1, 0.15) is 64.9 Å². The van der Waals surface area contributed by atoms with Crippen molar-refractivity contribution in [1.29, 1.82) is 0 Å². The van der Waals surface area contributed by atoms with Gasteiger partial charge in [-0.3, -0.25) is 9.59 Å². The summed E-state index contributed by atoms with van der Waals surface area (Å²) in [6, 6.07) is 9.71. The van der Waals surface area contributed by atoms with Crippen molar-refractivity contribution in [2.24, 2.45) is 11.8 Å². The predicted octanol–water partition coefficient (Wildman–Crippen LogP) is 4.66. The molecular weight excluding hydrogens is 316 g/mol. The number of hydrogen-bond acceptors (Lipinski definition) is 4. The Labute approximate surface area is 150 Å². The predicted molar refractivity (Wildman–Crippen MR) is 96.8 cm³/mol. The van der Waals surface area contributed by atoms with Gasteiger partial charge < -0.3 is 9.47 Å². The Kier molecular flexibility index (Phi) is 7.03. The first kappa shape index (κ1) is 19.5. The normalized spacial score (nSPS) is 20.8. The molecule has 0 bridgehead atoms. The summed E-state index contributed by atoms with van der Waals surface area (Å²) in [5.74, 6) is 0.344. The van der Waals surface area contributed by atoms with Crippen molar-refractivity contribution in [2.45, 2.75) is 71.5 Å². The van der Waals surface area contributed by atoms with E-state index in [0.717, 1.165) is 31.2 Å². The maximum atomic E-state index is 12.1. The molecule has 0 aromatic heterocycles. The van der Waals surface area contributed by atoms with Crippen LogP contribution in [0.5, 0.6) is 0 Å². The quantitative estimate of drug-likeness (QED) is 0.703. The second-order valence-corrected chi connectivity index (χ2v) is 8.04. The van der Waals surface area contributed by atoms with Crippen molar-refractivity contribution in [3.8, 4) is 0 Å². The van der Waals surface area contributed by atoms with Gasteiger partial charge in [-0.25, -0.2) is 0 Å². The van der Waals surface area contributed by atoms with E-state index in [1.807, 2.05) is 51.1 Å². The molecule has 1 aliphatic carbocycles. The smallest absolute Gasteiger partial charge is 0.306 e. The largest absolute Gasteiger partial charge is 0.461 e. The zero-order chi connectivity index (χ0) is 18.3. The molecule has 0 radical (unpaired) electrons. The third-order valence-corrected chi connectivity index (χ3v) is 4.46. The Morgan fingerprint density at radius 3 is 2.20 bits per heavy atom. The fraction of sp³-hybridized carbons (Fsp3) is 0.619. The van der Waals surface area contributed by atoms with Crippen molar-refractivity contribution >= 4 is 11.9 Å². The van der Waals surface area contributed by atoms with Gasteiger partial charge in [0.15, 0.2) is 0 Å². The lowest BCUT2D eigenvalue weighted by atomic mass is 9.78. The molecule has 0 N–H and O–H groups in total. The zero-order valence-electron chi connectivity index (χ0n) is 15.6. The van der Waals surface area contributed by atoms with Gasteiger partial charge in [0.2, 0.25) is 0 Å². The first-order valence-electron chi connectivity index (χ1n) is 9.23. The molecule has 0 saturated heterocycles. The van der Waals surface area contributed by atoms with E-state index in [4.69, 9.17) is 9.47 Å². The van der Waals surface area contributed by atoms with E-state index in [2.05, 4.69) is 0 Å². The first-order valence-corrected chi connectivity index (χ1v) is 9.23. The van der Waals surface area contributed by atoms with Crippen LogP contribution in [0.4, 0.5) is 0 Å². The van der Waals surface area contributed by atoms with Gasteiger partial charge in [0.05, 0.1) is 0 Å². The minimum atomic E-state index is -0.438. The van der Waals surface area contributed by atoms with Crippen molar-refractivity contribution in [1.82, 2.24) is 0 Å². The summed E-state index contributed by atoms with van der Waals surface area (Å²) in [6.07, 6.45) is 4.92. The highest BCUT2D eigenvalue weighted by Gasteiger charge is 2.27. The number of ether oxygens (including phenoxy) is 2. The number of carbonyl (C=O) groups excluding carboxylic acids is 2. The minimum absolute atomic E-state index is 0.134. The van der Waals surface area contributed by atoms with Crippen LogP contribution in [0, 0.1) is 11.8 Å². The van der Waals surface area contributed by atoms with Crippen LogP contribution in [0.15, 0.2) is 30.3 Å². The van der Waals surface area contributed by atoms with Gasteiger partial charge in [0.1, 0.15) is 12.2 Å². The SMILES string of the molecule is CC(C)(C)OC(=O)C[C@@H]1CCC[C@@H](CC(=O)OCc2ccccc2)C1. The molecule has 1 saturated carbocycles. The zero-order valence-corrected chi connectivity index (χ0v) is 15.6. The van der Waals surface area contributed by atoms with E-state index in [0.29, 0.717) is 31.3 Å². The maximum absolute atomic E-state index is 12.1. The molecule has 0 aliphatic heterocycles. The summed E-state index contributed by atoms with van der Waals surface area (Å²) in [5, 5.41) is 0. The lowest BCUT2D eigenvalue weighted by molar-refractivity contribution is -0.156. The summed E-state index contributed by atoms with van der Waals surface area (Å²) in [4.78, 5) is 24.1. The van der Waals surface area contributed by atoms with Gasteiger partial charge in [-0.05, 0) is 57.4 Å². The average Bonchev–Trinajstić information content (AvgIpc) is 2.52. The van der Waals surface area contributed by atoms with E-state index in [-0.39, 0.29) is 11.9 Å². The van der Waals surface area contributed by atoms with Crippen LogP contribution >= 0.6 is 0 Å². The van der Waals surface area contributed by atoms with Crippen molar-refractivity contribution < 1.29 is 19.1 Å². The highest BCUT2D eigenvalue weighted by atomic mass is 16.6. The number of esters is 2. The monoisotopic (exact) mass is 346 g/mol. The number of benzene rings is 1. The standard InChI is InChI=1S/C21H30O4/c1-21(2,3)25-20(23)14-18-11-7-10-17(12-18)13-19(22)24-15-16-8-5-4-6-9-16/h4-6,8-9,17-18H,7,10-15H2,1-3H3/t17-,18-/m1/s1. The molecular formula is C21H30O4. The number of carbonyl (C=O) groups is 2. The first-order chi connectivity index (χ1) is 11.8. The maximum Gasteiger partial charge on any atom is 0.306 e. The van der Waals surface area contributed by atoms with Crippen LogP contribution in [0.3, 0.4) is 0 Å². The Bertz CT molecular complexity index is 559. The van der Waals surface area contributed by atoms with Crippen LogP contribution in [0.2, 0.25) is 0 Å². The van der Waals surface area contributed by atoms with Gasteiger partial charge in [-0.1, -0.05) is 36.8 Å². The van der Waals surface area contributed by atoms with Crippen LogP contribution in [-0.2, 0) is 25.7 Å². The molecule has 4 nitrogen and oxygen atoms in total. The summed E-state index contributed by atoms with van der Waals surface area (Å²) in [5.41, 5.74) is 0.564. The Balaban J connectivity index is 1.73. The molecule has 1 aliphatic rings. The number of rotatable bonds is 6. The summed E-state index contributed by atoms with van der Waals surface area (Å²) in [6.45, 7) is 5.99. The molecule has 0 unspecified atom stereocenters. The average molecular weight is 346 g/mol. The van der Waals surface area contributed by atoms with Gasteiger partial charge in [-0.2, -0.15) is 0 Å².